The van der Waals surface area contributed by atoms with Crippen molar-refractivity contribution in [3.63, 3.8) is 0 Å². The summed E-state index contributed by atoms with van der Waals surface area (Å²) in [5.74, 6) is -0.718. The lowest BCUT2D eigenvalue weighted by Crippen LogP contribution is -2.30. The summed E-state index contributed by atoms with van der Waals surface area (Å²) in [6.07, 6.45) is 2.08. The Hall–Kier alpha value is -1.29. The van der Waals surface area contributed by atoms with Gasteiger partial charge in [-0.05, 0) is 48.6 Å². The molecule has 23 heavy (non-hydrogen) atoms. The van der Waals surface area contributed by atoms with Gasteiger partial charge in [0.25, 0.3) is 5.91 Å². The third-order valence-electron chi connectivity index (χ3n) is 3.86. The highest BCUT2D eigenvalue weighted by Gasteiger charge is 2.34. The van der Waals surface area contributed by atoms with E-state index in [0.717, 1.165) is 24.5 Å². The van der Waals surface area contributed by atoms with Gasteiger partial charge in [0.15, 0.2) is 0 Å². The van der Waals surface area contributed by atoms with E-state index in [0.29, 0.717) is 10.9 Å². The highest BCUT2D eigenvalue weighted by Crippen LogP contribution is 2.41. The largest absolute Gasteiger partial charge is 0.345 e. The fraction of sp³-hybridized carbons (Fsp3) is 0.235. The number of hydrogen-bond acceptors (Lipinski definition) is 1. The summed E-state index contributed by atoms with van der Waals surface area (Å²) in [5, 5.41) is 3.60. The van der Waals surface area contributed by atoms with Crippen LogP contribution in [0.1, 0.15) is 34.8 Å². The summed E-state index contributed by atoms with van der Waals surface area (Å²) < 4.78 is 13.6. The highest BCUT2D eigenvalue weighted by atomic mass is 35.5. The number of benzene rings is 2. The van der Waals surface area contributed by atoms with E-state index in [2.05, 4.69) is 5.32 Å². The van der Waals surface area contributed by atoms with Crippen LogP contribution in [0.15, 0.2) is 36.4 Å². The van der Waals surface area contributed by atoms with Gasteiger partial charge in [0.05, 0.1) is 21.7 Å². The molecular formula is C17H13Cl3FNO. The average Bonchev–Trinajstić information content (AvgIpc) is 3.34. The minimum absolute atomic E-state index is 0.0770. The maximum Gasteiger partial charge on any atom is 0.253 e. The molecule has 1 N–H and O–H groups in total. The molecule has 1 saturated carbocycles. The number of carbonyl (C=O) groups excluding carboxylic acids is 1. The van der Waals surface area contributed by atoms with Crippen LogP contribution in [0.4, 0.5) is 4.39 Å². The third-order valence-corrected chi connectivity index (χ3v) is 4.72. The summed E-state index contributed by atoms with van der Waals surface area (Å²) in [6.45, 7) is 0. The van der Waals surface area contributed by atoms with Crippen LogP contribution in [0.3, 0.4) is 0 Å². The number of hydrogen-bond donors (Lipinski definition) is 1. The van der Waals surface area contributed by atoms with Crippen molar-refractivity contribution < 1.29 is 9.18 Å². The van der Waals surface area contributed by atoms with E-state index in [1.807, 2.05) is 12.1 Å². The van der Waals surface area contributed by atoms with E-state index in [-0.39, 0.29) is 21.7 Å². The van der Waals surface area contributed by atoms with Gasteiger partial charge in [0, 0.05) is 5.02 Å². The maximum atomic E-state index is 13.6. The molecule has 1 atom stereocenters. The van der Waals surface area contributed by atoms with E-state index in [1.54, 1.807) is 12.1 Å². The van der Waals surface area contributed by atoms with Crippen LogP contribution in [0.25, 0.3) is 0 Å². The molecule has 0 aromatic heterocycles. The Morgan fingerprint density at radius 3 is 2.35 bits per heavy atom. The number of rotatable bonds is 4. The van der Waals surface area contributed by atoms with Gasteiger partial charge in [-0.25, -0.2) is 4.39 Å². The Bertz CT molecular complexity index is 744. The van der Waals surface area contributed by atoms with Crippen LogP contribution >= 0.6 is 34.8 Å². The van der Waals surface area contributed by atoms with Crippen molar-refractivity contribution in [3.05, 3.63) is 68.4 Å². The lowest BCUT2D eigenvalue weighted by Gasteiger charge is -2.19. The lowest BCUT2D eigenvalue weighted by molar-refractivity contribution is 0.0931. The summed E-state index contributed by atoms with van der Waals surface area (Å²) in [6, 6.07) is 9.49. The quantitative estimate of drug-likeness (QED) is 0.689. The summed E-state index contributed by atoms with van der Waals surface area (Å²) >= 11 is 17.6. The third kappa shape index (κ3) is 3.79. The number of amides is 1. The van der Waals surface area contributed by atoms with E-state index in [9.17, 15) is 9.18 Å². The van der Waals surface area contributed by atoms with Gasteiger partial charge in [-0.2, -0.15) is 0 Å². The highest BCUT2D eigenvalue weighted by molar-refractivity contribution is 6.36. The van der Waals surface area contributed by atoms with Gasteiger partial charge in [-0.3, -0.25) is 4.79 Å². The maximum absolute atomic E-state index is 13.6. The molecule has 0 aliphatic heterocycles. The van der Waals surface area contributed by atoms with Crippen molar-refractivity contribution in [1.29, 1.82) is 0 Å². The molecule has 2 nitrogen and oxygen atoms in total. The van der Waals surface area contributed by atoms with E-state index in [1.165, 1.54) is 6.07 Å². The Morgan fingerprint density at radius 1 is 1.09 bits per heavy atom. The molecule has 0 spiro atoms. The van der Waals surface area contributed by atoms with Gasteiger partial charge in [0.2, 0.25) is 0 Å². The molecule has 0 radical (unpaired) electrons. The molecule has 3 rings (SSSR count). The van der Waals surface area contributed by atoms with Crippen LogP contribution in [0.5, 0.6) is 0 Å². The summed E-state index contributed by atoms with van der Waals surface area (Å²) in [5.41, 5.74) is 1.05. The smallest absolute Gasteiger partial charge is 0.253 e. The van der Waals surface area contributed by atoms with Gasteiger partial charge in [0.1, 0.15) is 5.82 Å². The van der Waals surface area contributed by atoms with Gasteiger partial charge < -0.3 is 5.32 Å². The molecule has 0 bridgehead atoms. The monoisotopic (exact) mass is 371 g/mol. The lowest BCUT2D eigenvalue weighted by atomic mass is 10.0. The van der Waals surface area contributed by atoms with Crippen molar-refractivity contribution in [1.82, 2.24) is 5.32 Å². The Kier molecular flexibility index (Phi) is 4.81. The number of nitrogens with one attached hydrogen (secondary N) is 1. The van der Waals surface area contributed by atoms with Gasteiger partial charge in [-0.15, -0.1) is 0 Å². The first-order chi connectivity index (χ1) is 11.0. The second-order valence-corrected chi connectivity index (χ2v) is 6.84. The van der Waals surface area contributed by atoms with Crippen LogP contribution in [-0.2, 0) is 0 Å². The van der Waals surface area contributed by atoms with Crippen molar-refractivity contribution >= 4 is 40.7 Å². The molecule has 1 unspecified atom stereocenters. The van der Waals surface area contributed by atoms with E-state index in [4.69, 9.17) is 34.8 Å². The van der Waals surface area contributed by atoms with Crippen molar-refractivity contribution in [2.24, 2.45) is 5.92 Å². The zero-order valence-electron chi connectivity index (χ0n) is 12.0. The molecule has 1 aliphatic carbocycles. The fourth-order valence-corrected chi connectivity index (χ4v) is 3.08. The van der Waals surface area contributed by atoms with Gasteiger partial charge >= 0.3 is 0 Å². The van der Waals surface area contributed by atoms with Crippen molar-refractivity contribution in [2.45, 2.75) is 18.9 Å². The molecule has 1 amide bonds. The Balaban J connectivity index is 1.85. The van der Waals surface area contributed by atoms with Crippen LogP contribution in [0, 0.1) is 11.7 Å². The Labute approximate surface area is 148 Å². The molecule has 0 saturated heterocycles. The second-order valence-electron chi connectivity index (χ2n) is 5.59. The summed E-state index contributed by atoms with van der Waals surface area (Å²) in [4.78, 5) is 12.5. The van der Waals surface area contributed by atoms with Crippen LogP contribution < -0.4 is 5.32 Å². The van der Waals surface area contributed by atoms with Crippen molar-refractivity contribution in [2.75, 3.05) is 0 Å². The molecule has 120 valence electrons. The zero-order chi connectivity index (χ0) is 16.6. The van der Waals surface area contributed by atoms with Gasteiger partial charge in [-0.1, -0.05) is 46.9 Å². The fourth-order valence-electron chi connectivity index (χ4n) is 2.49. The van der Waals surface area contributed by atoms with E-state index >= 15 is 0 Å². The topological polar surface area (TPSA) is 29.1 Å². The number of halogens is 4. The number of carbonyl (C=O) groups is 1. The van der Waals surface area contributed by atoms with Crippen molar-refractivity contribution in [3.8, 4) is 0 Å². The minimum Gasteiger partial charge on any atom is -0.345 e. The molecule has 2 aromatic carbocycles. The molecule has 2 aromatic rings. The zero-order valence-corrected chi connectivity index (χ0v) is 14.2. The SMILES string of the molecule is O=C(NC(c1ccc(Cl)cc1)C1CC1)c1cc(F)c(Cl)cc1Cl. The first-order valence-corrected chi connectivity index (χ1v) is 8.30. The first kappa shape index (κ1) is 16.6. The molecule has 1 fully saturated rings. The molecule has 6 heteroatoms. The summed E-state index contributed by atoms with van der Waals surface area (Å²) in [7, 11) is 0. The standard InChI is InChI=1S/C17H13Cl3FNO/c18-11-5-3-10(4-6-11)16(9-1-2-9)22-17(23)12-7-15(21)14(20)8-13(12)19/h3-9,16H,1-2H2,(H,22,23). The normalized spacial score (nSPS) is 15.3. The van der Waals surface area contributed by atoms with Crippen LogP contribution in [0.2, 0.25) is 15.1 Å². The van der Waals surface area contributed by atoms with Crippen LogP contribution in [-0.4, -0.2) is 5.91 Å². The minimum atomic E-state index is -0.671. The molecule has 0 heterocycles. The molecular weight excluding hydrogens is 360 g/mol. The predicted molar refractivity (Wildman–Crippen MR) is 90.8 cm³/mol. The van der Waals surface area contributed by atoms with E-state index < -0.39 is 11.7 Å². The average molecular weight is 373 g/mol. The predicted octanol–water partition coefficient (Wildman–Crippen LogP) is 5.67. The molecule has 1 aliphatic rings. The Morgan fingerprint density at radius 2 is 1.74 bits per heavy atom. The first-order valence-electron chi connectivity index (χ1n) is 7.16. The second kappa shape index (κ2) is 6.68.